The number of phenolic OH excluding ortho intramolecular Hbond substituents is 1. The number of benzene rings is 1. The fourth-order valence-corrected chi connectivity index (χ4v) is 5.63. The molecule has 0 aliphatic heterocycles. The standard InChI is InChI=1S/C22H25N3O8/c1-6-7-4-5-8(23)15(26)10(7)16(27)11-9(6)17(28)13-14(25(2)3)18(29)12(21(24)32)20(31)22(13,33)19(11)30/h4-6,9,13-14,17,26-28,31,33H,23H2,1-3H3,(H2,24,32)/t6-,9+,13-,14-,17-,22-/m0/s1. The van der Waals surface area contributed by atoms with Crippen molar-refractivity contribution in [2.45, 2.75) is 30.6 Å². The van der Waals surface area contributed by atoms with Crippen LogP contribution in [0.3, 0.4) is 0 Å². The molecular weight excluding hydrogens is 434 g/mol. The number of hydrogen-bond acceptors (Lipinski definition) is 10. The molecule has 176 valence electrons. The minimum absolute atomic E-state index is 0.0679. The van der Waals surface area contributed by atoms with E-state index in [1.54, 1.807) is 6.92 Å². The molecule has 1 fully saturated rings. The smallest absolute Gasteiger partial charge is 0.255 e. The molecule has 0 saturated heterocycles. The van der Waals surface area contributed by atoms with Crippen molar-refractivity contribution in [3.63, 3.8) is 0 Å². The third-order valence-corrected chi connectivity index (χ3v) is 7.16. The fourth-order valence-electron chi connectivity index (χ4n) is 5.63. The number of likely N-dealkylation sites (N-methyl/N-ethyl adjacent to an activating group) is 1. The lowest BCUT2D eigenvalue weighted by Gasteiger charge is -2.53. The molecule has 11 heteroatoms. The van der Waals surface area contributed by atoms with Gasteiger partial charge >= 0.3 is 0 Å². The van der Waals surface area contributed by atoms with Crippen LogP contribution in [0.4, 0.5) is 5.69 Å². The second-order valence-corrected chi connectivity index (χ2v) is 9.02. The van der Waals surface area contributed by atoms with Crippen molar-refractivity contribution in [1.29, 1.82) is 0 Å². The van der Waals surface area contributed by atoms with E-state index in [4.69, 9.17) is 11.5 Å². The third-order valence-electron chi connectivity index (χ3n) is 7.16. The Morgan fingerprint density at radius 3 is 2.30 bits per heavy atom. The van der Waals surface area contributed by atoms with Crippen LogP contribution in [-0.2, 0) is 14.4 Å². The lowest BCUT2D eigenvalue weighted by atomic mass is 9.54. The van der Waals surface area contributed by atoms with Gasteiger partial charge in [0.25, 0.3) is 5.91 Å². The van der Waals surface area contributed by atoms with Crippen LogP contribution in [-0.4, -0.2) is 79.7 Å². The van der Waals surface area contributed by atoms with Gasteiger partial charge in [-0.1, -0.05) is 13.0 Å². The van der Waals surface area contributed by atoms with E-state index in [-0.39, 0.29) is 11.3 Å². The zero-order chi connectivity index (χ0) is 24.7. The number of aromatic hydroxyl groups is 1. The molecule has 1 saturated carbocycles. The van der Waals surface area contributed by atoms with E-state index in [1.165, 1.54) is 31.1 Å². The van der Waals surface area contributed by atoms with Gasteiger partial charge in [0, 0.05) is 11.5 Å². The Morgan fingerprint density at radius 2 is 1.76 bits per heavy atom. The zero-order valence-electron chi connectivity index (χ0n) is 18.1. The average Bonchev–Trinajstić information content (AvgIpc) is 2.72. The number of hydrogen-bond donors (Lipinski definition) is 7. The van der Waals surface area contributed by atoms with Gasteiger partial charge in [-0.05, 0) is 31.6 Å². The van der Waals surface area contributed by atoms with E-state index in [0.717, 1.165) is 0 Å². The van der Waals surface area contributed by atoms with E-state index < -0.39 is 81.4 Å². The van der Waals surface area contributed by atoms with Crippen LogP contribution in [0.5, 0.6) is 5.75 Å². The molecule has 1 amide bonds. The van der Waals surface area contributed by atoms with Gasteiger partial charge in [0.2, 0.25) is 5.78 Å². The largest absolute Gasteiger partial charge is 0.508 e. The minimum Gasteiger partial charge on any atom is -0.508 e. The summed E-state index contributed by atoms with van der Waals surface area (Å²) in [5.41, 5.74) is 6.86. The van der Waals surface area contributed by atoms with Crippen LogP contribution in [0.2, 0.25) is 0 Å². The summed E-state index contributed by atoms with van der Waals surface area (Å²) < 4.78 is 0. The summed E-state index contributed by atoms with van der Waals surface area (Å²) in [6.07, 6.45) is -1.62. The molecule has 4 rings (SSSR count). The highest BCUT2D eigenvalue weighted by atomic mass is 16.4. The number of anilines is 1. The molecule has 0 radical (unpaired) electrons. The number of Topliss-reactive ketones (excluding diaryl/α,β-unsaturated/α-hetero) is 2. The molecule has 11 nitrogen and oxygen atoms in total. The van der Waals surface area contributed by atoms with E-state index >= 15 is 0 Å². The van der Waals surface area contributed by atoms with Crippen LogP contribution >= 0.6 is 0 Å². The topological polar surface area (TPSA) is 208 Å². The van der Waals surface area contributed by atoms with Crippen molar-refractivity contribution in [2.24, 2.45) is 17.6 Å². The van der Waals surface area contributed by atoms with Gasteiger partial charge in [-0.15, -0.1) is 0 Å². The van der Waals surface area contributed by atoms with Gasteiger partial charge in [-0.25, -0.2) is 0 Å². The Morgan fingerprint density at radius 1 is 1.15 bits per heavy atom. The lowest BCUT2D eigenvalue weighted by molar-refractivity contribution is -0.169. The average molecular weight is 459 g/mol. The van der Waals surface area contributed by atoms with E-state index in [1.807, 2.05) is 0 Å². The predicted octanol–water partition coefficient (Wildman–Crippen LogP) is -0.922. The highest BCUT2D eigenvalue weighted by molar-refractivity contribution is 6.24. The highest BCUT2D eigenvalue weighted by Crippen LogP contribution is 2.56. The van der Waals surface area contributed by atoms with E-state index in [9.17, 15) is 39.9 Å². The van der Waals surface area contributed by atoms with Gasteiger partial charge in [-0.2, -0.15) is 0 Å². The number of fused-ring (bicyclic) bond motifs is 3. The normalized spacial score (nSPS) is 33.7. The predicted molar refractivity (Wildman–Crippen MR) is 115 cm³/mol. The van der Waals surface area contributed by atoms with Crippen LogP contribution in [0.25, 0.3) is 5.76 Å². The van der Waals surface area contributed by atoms with E-state index in [0.29, 0.717) is 5.56 Å². The second-order valence-electron chi connectivity index (χ2n) is 9.02. The second kappa shape index (κ2) is 7.04. The van der Waals surface area contributed by atoms with Gasteiger partial charge in [0.15, 0.2) is 11.4 Å². The van der Waals surface area contributed by atoms with Crippen molar-refractivity contribution < 1.29 is 39.9 Å². The summed E-state index contributed by atoms with van der Waals surface area (Å²) in [6.45, 7) is 1.65. The van der Waals surface area contributed by atoms with Crippen molar-refractivity contribution in [3.05, 3.63) is 40.2 Å². The highest BCUT2D eigenvalue weighted by Gasteiger charge is 2.68. The number of primary amides is 1. The third kappa shape index (κ3) is 2.63. The summed E-state index contributed by atoms with van der Waals surface area (Å²) in [6, 6.07) is 1.57. The monoisotopic (exact) mass is 459 g/mol. The van der Waals surface area contributed by atoms with Crippen LogP contribution in [0.15, 0.2) is 29.0 Å². The molecule has 0 heterocycles. The number of nitrogens with two attached hydrogens (primary N) is 2. The van der Waals surface area contributed by atoms with Gasteiger partial charge in [0.1, 0.15) is 22.8 Å². The maximum atomic E-state index is 13.7. The molecule has 0 spiro atoms. The first-order valence-corrected chi connectivity index (χ1v) is 10.2. The van der Waals surface area contributed by atoms with E-state index in [2.05, 4.69) is 0 Å². The number of nitrogen functional groups attached to an aromatic ring is 1. The van der Waals surface area contributed by atoms with Gasteiger partial charge in [0.05, 0.1) is 29.3 Å². The Kier molecular flexibility index (Phi) is 4.86. The molecular formula is C22H25N3O8. The maximum Gasteiger partial charge on any atom is 0.255 e. The number of nitrogens with zero attached hydrogens (tertiary/aromatic N) is 1. The molecule has 1 aromatic rings. The number of rotatable bonds is 2. The number of carbonyl (C=O) groups excluding carboxylic acids is 3. The van der Waals surface area contributed by atoms with Gasteiger partial charge in [-0.3, -0.25) is 19.3 Å². The number of amides is 1. The van der Waals surface area contributed by atoms with Crippen molar-refractivity contribution >= 4 is 28.9 Å². The zero-order valence-corrected chi connectivity index (χ0v) is 18.1. The first-order chi connectivity index (χ1) is 15.3. The van der Waals surface area contributed by atoms with Crippen LogP contribution in [0, 0.1) is 11.8 Å². The molecule has 33 heavy (non-hydrogen) atoms. The lowest BCUT2D eigenvalue weighted by Crippen LogP contribution is -2.70. The molecule has 3 aliphatic carbocycles. The molecule has 9 N–H and O–H groups in total. The SMILES string of the molecule is C[C@H]1c2ccc(N)c(O)c2C(O)=C2C(=O)[C@]3(O)C(O)=C(C(N)=O)C(=O)[C@@H](N(C)C)[C@H]3[C@@H](O)[C@@H]21. The van der Waals surface area contributed by atoms with Crippen molar-refractivity contribution in [2.75, 3.05) is 19.8 Å². The molecule has 0 bridgehead atoms. The number of aliphatic hydroxyl groups is 4. The molecule has 0 unspecified atom stereocenters. The Hall–Kier alpha value is -3.41. The minimum atomic E-state index is -2.93. The van der Waals surface area contributed by atoms with Crippen LogP contribution < -0.4 is 11.5 Å². The Bertz CT molecular complexity index is 1190. The number of carbonyl (C=O) groups is 3. The summed E-state index contributed by atoms with van der Waals surface area (Å²) in [5, 5.41) is 55.2. The molecule has 6 atom stereocenters. The first-order valence-electron chi connectivity index (χ1n) is 10.2. The first kappa shape index (κ1) is 22.8. The summed E-state index contributed by atoms with van der Waals surface area (Å²) in [5.74, 6) is -9.34. The fraction of sp³-hybridized carbons (Fsp3) is 0.409. The summed E-state index contributed by atoms with van der Waals surface area (Å²) in [7, 11) is 2.90. The van der Waals surface area contributed by atoms with Crippen LogP contribution in [0.1, 0.15) is 24.0 Å². The van der Waals surface area contributed by atoms with Crippen molar-refractivity contribution in [1.82, 2.24) is 4.90 Å². The Balaban J connectivity index is 2.07. The quantitative estimate of drug-likeness (QED) is 0.164. The van der Waals surface area contributed by atoms with Crippen molar-refractivity contribution in [3.8, 4) is 5.75 Å². The summed E-state index contributed by atoms with van der Waals surface area (Å²) >= 11 is 0. The number of aliphatic hydroxyl groups excluding tert-OH is 3. The molecule has 3 aliphatic rings. The number of ketones is 2. The summed E-state index contributed by atoms with van der Waals surface area (Å²) in [4.78, 5) is 40.0. The maximum absolute atomic E-state index is 13.7. The molecule has 1 aromatic carbocycles. The molecule has 0 aromatic heterocycles. The van der Waals surface area contributed by atoms with Gasteiger partial charge < -0.3 is 37.0 Å². The number of phenols is 1. The Labute approximate surface area is 188 Å².